The van der Waals surface area contributed by atoms with Crippen molar-refractivity contribution in [2.45, 2.75) is 63.7 Å². The van der Waals surface area contributed by atoms with E-state index in [1.807, 2.05) is 23.8 Å². The van der Waals surface area contributed by atoms with Gasteiger partial charge in [0.15, 0.2) is 5.96 Å². The summed E-state index contributed by atoms with van der Waals surface area (Å²) >= 11 is 1.60. The number of fused-ring (bicyclic) bond motifs is 2. The molecule has 0 radical (unpaired) electrons. The molecule has 27 heavy (non-hydrogen) atoms. The maximum atomic E-state index is 10.8. The van der Waals surface area contributed by atoms with Gasteiger partial charge in [-0.2, -0.15) is 11.3 Å². The van der Waals surface area contributed by atoms with Gasteiger partial charge in [0, 0.05) is 30.5 Å². The molecule has 1 spiro atoms. The van der Waals surface area contributed by atoms with Crippen LogP contribution in [0.15, 0.2) is 21.8 Å². The number of aliphatic hydroxyl groups is 1. The second kappa shape index (κ2) is 8.55. The maximum absolute atomic E-state index is 10.8. The summed E-state index contributed by atoms with van der Waals surface area (Å²) in [5.74, 6) is 1.43. The minimum atomic E-state index is -0.938. The van der Waals surface area contributed by atoms with E-state index in [0.717, 1.165) is 31.1 Å². The third kappa shape index (κ3) is 3.89. The Morgan fingerprint density at radius 2 is 2.22 bits per heavy atom. The zero-order valence-electron chi connectivity index (χ0n) is 16.2. The Balaban J connectivity index is 0.00000210. The fourth-order valence-corrected chi connectivity index (χ4v) is 6.05. The lowest BCUT2D eigenvalue weighted by Crippen LogP contribution is -2.69. The number of ether oxygens (including phenoxy) is 1. The van der Waals surface area contributed by atoms with Crippen LogP contribution >= 0.6 is 35.3 Å². The number of aliphatic imine (C=N–C) groups is 1. The maximum Gasteiger partial charge on any atom is 0.191 e. The van der Waals surface area contributed by atoms with Gasteiger partial charge in [0.2, 0.25) is 0 Å². The first-order chi connectivity index (χ1) is 12.6. The Labute approximate surface area is 183 Å². The van der Waals surface area contributed by atoms with Crippen molar-refractivity contribution in [3.05, 3.63) is 22.4 Å². The molecule has 0 amide bonds. The third-order valence-corrected chi connectivity index (χ3v) is 7.29. The van der Waals surface area contributed by atoms with E-state index < -0.39 is 5.60 Å². The van der Waals surface area contributed by atoms with Crippen LogP contribution in [0.3, 0.4) is 0 Å². The van der Waals surface area contributed by atoms with Gasteiger partial charge in [0.1, 0.15) is 5.60 Å². The van der Waals surface area contributed by atoms with Crippen LogP contribution in [0.5, 0.6) is 0 Å². The standard InChI is InChI=1S/C20H31N3O2S.HI/c1-3-21-18(22-13-19(2,24)14-7-11-26-12-14)23-16-15-6-10-25-17(15)20(16)8-4-5-9-20;/h7,11-12,15-17,24H,3-6,8-10,13H2,1-2H3,(H2,21,22,23);1H. The monoisotopic (exact) mass is 505 g/mol. The zero-order chi connectivity index (χ0) is 18.2. The van der Waals surface area contributed by atoms with Crippen LogP contribution in [-0.4, -0.2) is 42.9 Å². The van der Waals surface area contributed by atoms with Crippen LogP contribution in [0, 0.1) is 11.3 Å². The van der Waals surface area contributed by atoms with Crippen LogP contribution < -0.4 is 10.6 Å². The largest absolute Gasteiger partial charge is 0.383 e. The van der Waals surface area contributed by atoms with E-state index >= 15 is 0 Å². The van der Waals surface area contributed by atoms with Crippen molar-refractivity contribution in [2.75, 3.05) is 19.7 Å². The Hall–Kier alpha value is -0.380. The van der Waals surface area contributed by atoms with E-state index in [1.54, 1.807) is 11.3 Å². The smallest absolute Gasteiger partial charge is 0.191 e. The van der Waals surface area contributed by atoms with E-state index in [4.69, 9.17) is 9.73 Å². The van der Waals surface area contributed by atoms with Crippen molar-refractivity contribution >= 4 is 41.3 Å². The van der Waals surface area contributed by atoms with Crippen molar-refractivity contribution in [3.63, 3.8) is 0 Å². The quantitative estimate of drug-likeness (QED) is 0.326. The number of rotatable bonds is 5. The number of nitrogens with one attached hydrogen (secondary N) is 2. The summed E-state index contributed by atoms with van der Waals surface area (Å²) < 4.78 is 6.09. The molecule has 2 heterocycles. The summed E-state index contributed by atoms with van der Waals surface area (Å²) in [5, 5.41) is 21.9. The molecule has 0 bridgehead atoms. The van der Waals surface area contributed by atoms with Gasteiger partial charge in [-0.25, -0.2) is 4.99 Å². The number of hydrogen-bond acceptors (Lipinski definition) is 4. The molecule has 2 saturated carbocycles. The summed E-state index contributed by atoms with van der Waals surface area (Å²) in [6.45, 7) is 5.99. The normalized spacial score (nSPS) is 30.9. The minimum Gasteiger partial charge on any atom is -0.383 e. The van der Waals surface area contributed by atoms with Crippen LogP contribution in [0.2, 0.25) is 0 Å². The van der Waals surface area contributed by atoms with Gasteiger partial charge in [-0.15, -0.1) is 24.0 Å². The molecule has 1 saturated heterocycles. The summed E-state index contributed by atoms with van der Waals surface area (Å²) in [7, 11) is 0. The first-order valence-corrected chi connectivity index (χ1v) is 10.9. The van der Waals surface area contributed by atoms with Crippen LogP contribution in [-0.2, 0) is 10.3 Å². The average Bonchev–Trinajstić information content (AvgIpc) is 3.37. The number of thiophene rings is 1. The van der Waals surface area contributed by atoms with E-state index in [-0.39, 0.29) is 24.0 Å². The summed E-state index contributed by atoms with van der Waals surface area (Å²) in [6.07, 6.45) is 6.74. The SMILES string of the molecule is CCNC(=NCC(C)(O)c1ccsc1)NC1C2CCOC2C12CCCC2.I. The van der Waals surface area contributed by atoms with Crippen molar-refractivity contribution in [1.82, 2.24) is 10.6 Å². The van der Waals surface area contributed by atoms with Gasteiger partial charge in [-0.05, 0) is 55.5 Å². The number of nitrogens with zero attached hydrogens (tertiary/aromatic N) is 1. The molecule has 3 aliphatic rings. The van der Waals surface area contributed by atoms with E-state index in [9.17, 15) is 5.11 Å². The molecule has 2 aliphatic carbocycles. The van der Waals surface area contributed by atoms with Gasteiger partial charge < -0.3 is 20.5 Å². The fraction of sp³-hybridized carbons (Fsp3) is 0.750. The number of guanidine groups is 1. The van der Waals surface area contributed by atoms with Crippen molar-refractivity contribution in [2.24, 2.45) is 16.3 Å². The summed E-state index contributed by atoms with van der Waals surface area (Å²) in [4.78, 5) is 4.74. The fourth-order valence-electron chi connectivity index (χ4n) is 5.27. The molecule has 3 fully saturated rings. The van der Waals surface area contributed by atoms with Crippen LogP contribution in [0.4, 0.5) is 0 Å². The molecule has 1 aliphatic heterocycles. The summed E-state index contributed by atoms with van der Waals surface area (Å²) in [5.41, 5.74) is 0.293. The Morgan fingerprint density at radius 1 is 1.44 bits per heavy atom. The second-order valence-electron chi connectivity index (χ2n) is 8.29. The number of halogens is 1. The Morgan fingerprint density at radius 3 is 2.89 bits per heavy atom. The molecule has 7 heteroatoms. The van der Waals surface area contributed by atoms with E-state index in [0.29, 0.717) is 30.0 Å². The zero-order valence-corrected chi connectivity index (χ0v) is 19.4. The highest BCUT2D eigenvalue weighted by Crippen LogP contribution is 2.60. The predicted molar refractivity (Wildman–Crippen MR) is 121 cm³/mol. The molecule has 1 aromatic rings. The molecule has 152 valence electrons. The van der Waals surface area contributed by atoms with Crippen LogP contribution in [0.25, 0.3) is 0 Å². The first kappa shape index (κ1) is 21.3. The van der Waals surface area contributed by atoms with Gasteiger partial charge in [-0.1, -0.05) is 12.8 Å². The van der Waals surface area contributed by atoms with Crippen molar-refractivity contribution in [3.8, 4) is 0 Å². The molecule has 4 rings (SSSR count). The highest BCUT2D eigenvalue weighted by molar-refractivity contribution is 14.0. The van der Waals surface area contributed by atoms with Gasteiger partial charge in [-0.3, -0.25) is 0 Å². The molecule has 3 N–H and O–H groups in total. The Kier molecular flexibility index (Phi) is 6.75. The van der Waals surface area contributed by atoms with Gasteiger partial charge in [0.05, 0.1) is 12.6 Å². The molecule has 1 aromatic heterocycles. The summed E-state index contributed by atoms with van der Waals surface area (Å²) in [6, 6.07) is 2.42. The van der Waals surface area contributed by atoms with Gasteiger partial charge in [0.25, 0.3) is 0 Å². The van der Waals surface area contributed by atoms with E-state index in [1.165, 1.54) is 25.7 Å². The molecule has 4 atom stereocenters. The lowest BCUT2D eigenvalue weighted by Gasteiger charge is -2.57. The molecule has 5 nitrogen and oxygen atoms in total. The molecule has 0 aromatic carbocycles. The molecular weight excluding hydrogens is 473 g/mol. The Bertz CT molecular complexity index is 644. The lowest BCUT2D eigenvalue weighted by molar-refractivity contribution is -0.125. The van der Waals surface area contributed by atoms with Crippen molar-refractivity contribution < 1.29 is 9.84 Å². The molecular formula is C20H32IN3O2S. The van der Waals surface area contributed by atoms with Crippen LogP contribution in [0.1, 0.15) is 51.5 Å². The first-order valence-electron chi connectivity index (χ1n) is 9.98. The second-order valence-corrected chi connectivity index (χ2v) is 9.07. The molecule has 4 unspecified atom stereocenters. The number of hydrogen-bond donors (Lipinski definition) is 3. The van der Waals surface area contributed by atoms with E-state index in [2.05, 4.69) is 17.6 Å². The predicted octanol–water partition coefficient (Wildman–Crippen LogP) is 3.48. The third-order valence-electron chi connectivity index (χ3n) is 6.61. The average molecular weight is 505 g/mol. The topological polar surface area (TPSA) is 65.9 Å². The minimum absolute atomic E-state index is 0. The highest BCUT2D eigenvalue weighted by Gasteiger charge is 2.65. The van der Waals surface area contributed by atoms with Gasteiger partial charge >= 0.3 is 0 Å². The van der Waals surface area contributed by atoms with Crippen molar-refractivity contribution in [1.29, 1.82) is 0 Å². The lowest BCUT2D eigenvalue weighted by atomic mass is 9.54. The highest BCUT2D eigenvalue weighted by atomic mass is 127.